The molecule has 0 saturated heterocycles. The lowest BCUT2D eigenvalue weighted by Gasteiger charge is -2.14. The van der Waals surface area contributed by atoms with E-state index >= 15 is 0 Å². The van der Waals surface area contributed by atoms with Crippen LogP contribution in [0.15, 0.2) is 47.8 Å². The topological polar surface area (TPSA) is 71.3 Å². The number of rotatable bonds is 7. The van der Waals surface area contributed by atoms with Gasteiger partial charge in [-0.1, -0.05) is 23.7 Å². The van der Waals surface area contributed by atoms with E-state index in [-0.39, 0.29) is 18.9 Å². The zero-order valence-electron chi connectivity index (χ0n) is 14.7. The molecule has 0 atom stereocenters. The molecular formula is C20H19ClN2O3S. The minimum atomic E-state index is -0.862. The Bertz CT molecular complexity index is 964. The third-order valence-corrected chi connectivity index (χ3v) is 5.34. The number of amides is 1. The van der Waals surface area contributed by atoms with Gasteiger partial charge in [-0.15, -0.1) is 11.3 Å². The van der Waals surface area contributed by atoms with Gasteiger partial charge in [0.15, 0.2) is 0 Å². The van der Waals surface area contributed by atoms with Crippen molar-refractivity contribution >= 4 is 40.5 Å². The van der Waals surface area contributed by atoms with Crippen molar-refractivity contribution in [3.8, 4) is 10.6 Å². The van der Waals surface area contributed by atoms with E-state index in [0.717, 1.165) is 21.8 Å². The van der Waals surface area contributed by atoms with E-state index in [9.17, 15) is 9.59 Å². The van der Waals surface area contributed by atoms with Crippen molar-refractivity contribution in [3.05, 3.63) is 64.1 Å². The minimum Gasteiger partial charge on any atom is -0.481 e. The number of nitrogens with one attached hydrogen (secondary N) is 1. The van der Waals surface area contributed by atoms with E-state index < -0.39 is 5.97 Å². The van der Waals surface area contributed by atoms with E-state index in [1.54, 1.807) is 23.5 Å². The molecule has 0 saturated carbocycles. The van der Waals surface area contributed by atoms with E-state index in [4.69, 9.17) is 16.7 Å². The van der Waals surface area contributed by atoms with Crippen LogP contribution in [0.2, 0.25) is 5.02 Å². The maximum Gasteiger partial charge on any atom is 0.303 e. The zero-order valence-corrected chi connectivity index (χ0v) is 16.3. The van der Waals surface area contributed by atoms with Crippen LogP contribution in [-0.2, 0) is 22.6 Å². The van der Waals surface area contributed by atoms with Gasteiger partial charge < -0.3 is 15.0 Å². The number of carbonyl (C=O) groups is 2. The molecule has 140 valence electrons. The number of aromatic nitrogens is 1. The van der Waals surface area contributed by atoms with Crippen molar-refractivity contribution in [2.45, 2.75) is 26.3 Å². The summed E-state index contributed by atoms with van der Waals surface area (Å²) in [4.78, 5) is 24.7. The number of thiophene rings is 1. The first-order valence-electron chi connectivity index (χ1n) is 8.44. The first kappa shape index (κ1) is 19.2. The first-order chi connectivity index (χ1) is 12.9. The summed E-state index contributed by atoms with van der Waals surface area (Å²) in [6.07, 6.45) is 0.382. The lowest BCUT2D eigenvalue weighted by Crippen LogP contribution is -2.21. The van der Waals surface area contributed by atoms with Crippen LogP contribution in [-0.4, -0.2) is 21.6 Å². The second-order valence-electron chi connectivity index (χ2n) is 6.17. The van der Waals surface area contributed by atoms with Crippen molar-refractivity contribution < 1.29 is 14.7 Å². The third-order valence-electron chi connectivity index (χ3n) is 4.22. The molecule has 1 aromatic carbocycles. The second-order valence-corrected chi connectivity index (χ2v) is 7.56. The van der Waals surface area contributed by atoms with Gasteiger partial charge in [0.1, 0.15) is 6.54 Å². The van der Waals surface area contributed by atoms with Gasteiger partial charge in [-0.05, 0) is 54.6 Å². The Labute approximate surface area is 166 Å². The van der Waals surface area contributed by atoms with E-state index in [1.807, 2.05) is 47.2 Å². The molecule has 0 fully saturated rings. The van der Waals surface area contributed by atoms with E-state index in [1.165, 1.54) is 0 Å². The third kappa shape index (κ3) is 4.78. The van der Waals surface area contributed by atoms with Crippen molar-refractivity contribution in [3.63, 3.8) is 0 Å². The number of halogens is 1. The van der Waals surface area contributed by atoms with Crippen LogP contribution in [0.5, 0.6) is 0 Å². The predicted molar refractivity (Wildman–Crippen MR) is 109 cm³/mol. The molecule has 7 heteroatoms. The van der Waals surface area contributed by atoms with Crippen LogP contribution in [0, 0.1) is 6.92 Å². The Morgan fingerprint density at radius 3 is 2.74 bits per heavy atom. The molecule has 5 nitrogen and oxygen atoms in total. The smallest absolute Gasteiger partial charge is 0.303 e. The number of benzene rings is 1. The van der Waals surface area contributed by atoms with Gasteiger partial charge >= 0.3 is 5.97 Å². The van der Waals surface area contributed by atoms with Crippen molar-refractivity contribution in [2.24, 2.45) is 0 Å². The second kappa shape index (κ2) is 8.41. The van der Waals surface area contributed by atoms with Crippen LogP contribution in [0.3, 0.4) is 0 Å². The molecule has 0 radical (unpaired) electrons. The summed E-state index contributed by atoms with van der Waals surface area (Å²) in [6.45, 7) is 2.00. The van der Waals surface area contributed by atoms with Crippen LogP contribution < -0.4 is 5.32 Å². The Hall–Kier alpha value is -2.57. The SMILES string of the molecule is Cc1ccc(Cl)cc1NC(=O)Cn1c(CCC(=O)O)ccc1-c1cccs1. The fraction of sp³-hybridized carbons (Fsp3) is 0.200. The Balaban J connectivity index is 1.85. The molecule has 3 aromatic rings. The molecule has 2 N–H and O–H groups in total. The molecule has 2 aromatic heterocycles. The molecule has 0 aliphatic carbocycles. The lowest BCUT2D eigenvalue weighted by molar-refractivity contribution is -0.137. The number of anilines is 1. The highest BCUT2D eigenvalue weighted by atomic mass is 35.5. The summed E-state index contributed by atoms with van der Waals surface area (Å²) in [5.41, 5.74) is 3.32. The highest BCUT2D eigenvalue weighted by Gasteiger charge is 2.15. The highest BCUT2D eigenvalue weighted by Crippen LogP contribution is 2.28. The molecule has 1 amide bonds. The zero-order chi connectivity index (χ0) is 19.4. The van der Waals surface area contributed by atoms with Crippen molar-refractivity contribution in [1.29, 1.82) is 0 Å². The molecule has 0 unspecified atom stereocenters. The van der Waals surface area contributed by atoms with Crippen LogP contribution in [0.4, 0.5) is 5.69 Å². The summed E-state index contributed by atoms with van der Waals surface area (Å²) in [5, 5.41) is 14.4. The fourth-order valence-electron chi connectivity index (χ4n) is 2.85. The molecule has 0 aliphatic rings. The average Bonchev–Trinajstić information content (AvgIpc) is 3.26. The number of nitrogens with zero attached hydrogens (tertiary/aromatic N) is 1. The number of carbonyl (C=O) groups excluding carboxylic acids is 1. The standard InChI is InChI=1S/C20H19ClN2O3S/c1-13-4-5-14(21)11-16(13)22-19(24)12-23-15(7-9-20(25)26)6-8-17(23)18-3-2-10-27-18/h2-6,8,10-11H,7,9,12H2,1H3,(H,22,24)(H,25,26). The number of hydrogen-bond donors (Lipinski definition) is 2. The number of hydrogen-bond acceptors (Lipinski definition) is 3. The molecule has 0 bridgehead atoms. The molecule has 2 heterocycles. The normalized spacial score (nSPS) is 10.7. The van der Waals surface area contributed by atoms with Crippen LogP contribution in [0.25, 0.3) is 10.6 Å². The molecule has 0 spiro atoms. The number of aliphatic carboxylic acids is 1. The van der Waals surface area contributed by atoms with Gasteiger partial charge in [0.25, 0.3) is 0 Å². The van der Waals surface area contributed by atoms with Crippen LogP contribution in [0.1, 0.15) is 17.7 Å². The minimum absolute atomic E-state index is 0.0168. The molecule has 27 heavy (non-hydrogen) atoms. The van der Waals surface area contributed by atoms with Gasteiger partial charge in [0, 0.05) is 16.4 Å². The predicted octanol–water partition coefficient (Wildman–Crippen LogP) is 4.83. The molecule has 0 aliphatic heterocycles. The number of carboxylic acids is 1. The largest absolute Gasteiger partial charge is 0.481 e. The fourth-order valence-corrected chi connectivity index (χ4v) is 3.78. The average molecular weight is 403 g/mol. The van der Waals surface area contributed by atoms with Crippen molar-refractivity contribution in [2.75, 3.05) is 5.32 Å². The quantitative estimate of drug-likeness (QED) is 0.594. The van der Waals surface area contributed by atoms with Gasteiger partial charge in [0.2, 0.25) is 5.91 Å². The Morgan fingerprint density at radius 1 is 1.22 bits per heavy atom. The van der Waals surface area contributed by atoms with E-state index in [2.05, 4.69) is 5.32 Å². The molecule has 3 rings (SSSR count). The first-order valence-corrected chi connectivity index (χ1v) is 9.70. The number of carboxylic acid groups (broad SMARTS) is 1. The van der Waals surface area contributed by atoms with E-state index in [0.29, 0.717) is 17.1 Å². The molecular weight excluding hydrogens is 384 g/mol. The maximum absolute atomic E-state index is 12.7. The van der Waals surface area contributed by atoms with Gasteiger partial charge in [0.05, 0.1) is 17.0 Å². The summed E-state index contributed by atoms with van der Waals surface area (Å²) in [6, 6.07) is 13.1. The summed E-state index contributed by atoms with van der Waals surface area (Å²) in [5.74, 6) is -1.05. The maximum atomic E-state index is 12.7. The number of aryl methyl sites for hydroxylation is 2. The highest BCUT2D eigenvalue weighted by molar-refractivity contribution is 7.13. The summed E-state index contributed by atoms with van der Waals surface area (Å²) < 4.78 is 1.88. The van der Waals surface area contributed by atoms with Gasteiger partial charge in [-0.25, -0.2) is 0 Å². The summed E-state index contributed by atoms with van der Waals surface area (Å²) >= 11 is 7.60. The van der Waals surface area contributed by atoms with Crippen LogP contribution >= 0.6 is 22.9 Å². The Kier molecular flexibility index (Phi) is 5.98. The lowest BCUT2D eigenvalue weighted by atomic mass is 10.2. The van der Waals surface area contributed by atoms with Gasteiger partial charge in [-0.2, -0.15) is 0 Å². The summed E-state index contributed by atoms with van der Waals surface area (Å²) in [7, 11) is 0. The monoisotopic (exact) mass is 402 g/mol. The van der Waals surface area contributed by atoms with Crippen molar-refractivity contribution in [1.82, 2.24) is 4.57 Å². The Morgan fingerprint density at radius 2 is 2.04 bits per heavy atom. The van der Waals surface area contributed by atoms with Gasteiger partial charge in [-0.3, -0.25) is 9.59 Å².